The van der Waals surface area contributed by atoms with E-state index in [9.17, 15) is 43.2 Å². The first-order chi connectivity index (χ1) is 48.4. The molecular weight excluding hydrogens is 1370 g/mol. The van der Waals surface area contributed by atoms with Crippen molar-refractivity contribution < 1.29 is 57.4 Å². The number of rotatable bonds is 63. The van der Waals surface area contributed by atoms with Crippen LogP contribution in [-0.4, -0.2) is 218 Å². The third kappa shape index (κ3) is 43.5. The van der Waals surface area contributed by atoms with Gasteiger partial charge in [-0.2, -0.15) is 0 Å². The van der Waals surface area contributed by atoms with Crippen molar-refractivity contribution in [1.82, 2.24) is 68.5 Å². The zero-order valence-electron chi connectivity index (χ0n) is 61.3. The van der Waals surface area contributed by atoms with Gasteiger partial charge in [-0.25, -0.2) is 9.97 Å². The molecule has 2 heterocycles. The first kappa shape index (κ1) is 91.8. The molecule has 0 fully saturated rings. The third-order valence-corrected chi connectivity index (χ3v) is 20.9. The second-order valence-corrected chi connectivity index (χ2v) is 31.5. The number of ether oxygens (including phenoxy) is 2. The Labute approximate surface area is 616 Å². The van der Waals surface area contributed by atoms with Crippen LogP contribution in [0.2, 0.25) is 0 Å². The van der Waals surface area contributed by atoms with E-state index in [4.69, 9.17) is 20.9 Å². The lowest BCUT2D eigenvalue weighted by molar-refractivity contribution is -0.143. The van der Waals surface area contributed by atoms with Gasteiger partial charge in [0.1, 0.15) is 40.6 Å². The number of carbonyl (C=O) groups excluding carboxylic acids is 10. The summed E-state index contributed by atoms with van der Waals surface area (Å²) in [6.07, 6.45) is 4.70. The van der Waals surface area contributed by atoms with Crippen LogP contribution in [0.25, 0.3) is 0 Å². The highest BCUT2D eigenvalue weighted by atomic mass is 33.1. The summed E-state index contributed by atoms with van der Waals surface area (Å²) in [6, 6.07) is 11.4. The number of nitrogens with one attached hydrogen (secondary N) is 11. The molecular formula is C70H121N15O12S4. The Morgan fingerprint density at radius 1 is 0.436 bits per heavy atom. The minimum absolute atomic E-state index is 0.00460. The molecule has 2 aromatic heterocycles. The number of ketones is 3. The van der Waals surface area contributed by atoms with E-state index >= 15 is 4.79 Å². The summed E-state index contributed by atoms with van der Waals surface area (Å²) < 4.78 is 10.7. The minimum atomic E-state index is -1.36. The van der Waals surface area contributed by atoms with Gasteiger partial charge in [0.05, 0.1) is 12.8 Å². The van der Waals surface area contributed by atoms with Gasteiger partial charge in [0.2, 0.25) is 29.5 Å². The average molecular weight is 1490 g/mol. The zero-order chi connectivity index (χ0) is 74.6. The number of amides is 5. The van der Waals surface area contributed by atoms with Gasteiger partial charge in [0.15, 0.2) is 0 Å². The van der Waals surface area contributed by atoms with Crippen LogP contribution in [0, 0.1) is 39.9 Å². The number of nitrogens with zero attached hydrogens (tertiary/aromatic N) is 2. The lowest BCUT2D eigenvalue weighted by Crippen LogP contribution is -2.44. The maximum atomic E-state index is 15.4. The number of hydrogen-bond donors (Lipinski definition) is 13. The Bertz CT molecular complexity index is 2710. The highest BCUT2D eigenvalue weighted by Crippen LogP contribution is 2.40. The molecule has 27 nitrogen and oxygen atoms in total. The maximum Gasteiger partial charge on any atom is 0.307 e. The van der Waals surface area contributed by atoms with Gasteiger partial charge in [-0.05, 0) is 78.0 Å². The second-order valence-electron chi connectivity index (χ2n) is 26.6. The summed E-state index contributed by atoms with van der Waals surface area (Å²) in [5, 5.41) is 35.6. The summed E-state index contributed by atoms with van der Waals surface area (Å²) >= 11 is 0. The van der Waals surface area contributed by atoms with Crippen molar-refractivity contribution in [3.05, 3.63) is 48.8 Å². The lowest BCUT2D eigenvalue weighted by Gasteiger charge is -2.35. The normalized spacial score (nSPS) is 12.9. The third-order valence-electron chi connectivity index (χ3n) is 16.5. The quantitative estimate of drug-likeness (QED) is 0.0255. The topological polar surface area (TPSA) is 399 Å². The van der Waals surface area contributed by atoms with Crippen LogP contribution in [-0.2, 0) is 57.4 Å². The predicted molar refractivity (Wildman–Crippen MR) is 404 cm³/mol. The number of unbranched alkanes of at least 4 members (excludes halogenated alkanes) is 1. The van der Waals surface area contributed by atoms with Gasteiger partial charge in [0, 0.05) is 214 Å². The Morgan fingerprint density at radius 2 is 0.802 bits per heavy atom. The van der Waals surface area contributed by atoms with Crippen molar-refractivity contribution in [2.45, 2.75) is 142 Å². The molecule has 5 amide bonds. The van der Waals surface area contributed by atoms with Crippen LogP contribution in [0.3, 0.4) is 0 Å². The first-order valence-electron chi connectivity index (χ1n) is 35.7. The highest BCUT2D eigenvalue weighted by Gasteiger charge is 2.44. The molecule has 0 aliphatic heterocycles. The van der Waals surface area contributed by atoms with Crippen molar-refractivity contribution >= 4 is 102 Å². The van der Waals surface area contributed by atoms with Crippen molar-refractivity contribution in [2.75, 3.05) is 149 Å². The molecule has 0 bridgehead atoms. The Morgan fingerprint density at radius 3 is 1.23 bits per heavy atom. The fourth-order valence-electron chi connectivity index (χ4n) is 10.7. The van der Waals surface area contributed by atoms with E-state index in [1.165, 1.54) is 21.6 Å². The smallest absolute Gasteiger partial charge is 0.307 e. The largest absolute Gasteiger partial charge is 0.465 e. The summed E-state index contributed by atoms with van der Waals surface area (Å²) in [5.41, 5.74) is 7.48. The second kappa shape index (κ2) is 55.2. The van der Waals surface area contributed by atoms with Gasteiger partial charge in [-0.1, -0.05) is 95.5 Å². The van der Waals surface area contributed by atoms with Crippen molar-refractivity contribution in [2.24, 2.45) is 51.4 Å². The van der Waals surface area contributed by atoms with E-state index in [1.54, 1.807) is 75.5 Å². The molecule has 4 atom stereocenters. The van der Waals surface area contributed by atoms with Crippen LogP contribution >= 0.6 is 43.2 Å². The van der Waals surface area contributed by atoms with Crippen molar-refractivity contribution in [1.29, 1.82) is 0 Å². The summed E-state index contributed by atoms with van der Waals surface area (Å²) in [7, 11) is 6.17. The zero-order valence-corrected chi connectivity index (χ0v) is 64.5. The SMILES string of the molecule is CCCCNC(=O)C(CC(=O)NCCNCCN)CC(C)(C)C(=O)CC(CC(C)(C)C(=O)C(CC(=O)NCCNCCNCCC(=O)OCCSSc1ccccn1)CC(C)(C)C(=O)CC(CC)C(=O)NCCNCCNCCC(=O)OCCSSc1ccccn1)C(=O)NCCNCCN. The van der Waals surface area contributed by atoms with Gasteiger partial charge in [-0.15, -0.1) is 0 Å². The van der Waals surface area contributed by atoms with Crippen LogP contribution in [0.5, 0.6) is 0 Å². The number of Topliss-reactive ketones (excluding diaryl/α,β-unsaturated/α-hetero) is 3. The fraction of sp³-hybridized carbons (Fsp3) is 0.714. The summed E-state index contributed by atoms with van der Waals surface area (Å²) in [5.74, 6) is -5.94. The number of carbonyl (C=O) groups is 10. The van der Waals surface area contributed by atoms with E-state index in [1.807, 2.05) is 50.2 Å². The van der Waals surface area contributed by atoms with E-state index < -0.39 is 57.5 Å². The Hall–Kier alpha value is -5.32. The average Bonchev–Trinajstić information content (AvgIpc) is 0.788. The van der Waals surface area contributed by atoms with Crippen LogP contribution in [0.1, 0.15) is 132 Å². The molecule has 0 aliphatic rings. The van der Waals surface area contributed by atoms with Crippen molar-refractivity contribution in [3.8, 4) is 0 Å². The Balaban J connectivity index is 2.21. The fourth-order valence-corrected chi connectivity index (χ4v) is 14.1. The van der Waals surface area contributed by atoms with Crippen LogP contribution in [0.15, 0.2) is 58.8 Å². The molecule has 31 heteroatoms. The van der Waals surface area contributed by atoms with Gasteiger partial charge < -0.3 is 79.4 Å². The molecule has 0 aromatic carbocycles. The van der Waals surface area contributed by atoms with Crippen molar-refractivity contribution in [3.63, 3.8) is 0 Å². The molecule has 4 unspecified atom stereocenters. The number of hydrogen-bond acceptors (Lipinski definition) is 26. The van der Waals surface area contributed by atoms with E-state index in [2.05, 4.69) is 68.5 Å². The van der Waals surface area contributed by atoms with E-state index in [0.717, 1.165) is 22.9 Å². The van der Waals surface area contributed by atoms with E-state index in [0.29, 0.717) is 142 Å². The lowest BCUT2D eigenvalue weighted by atomic mass is 9.67. The van der Waals surface area contributed by atoms with Crippen LogP contribution < -0.4 is 70.0 Å². The summed E-state index contributed by atoms with van der Waals surface area (Å²) in [6.45, 7) is 22.7. The van der Waals surface area contributed by atoms with E-state index in [-0.39, 0.29) is 112 Å². The molecule has 0 radical (unpaired) electrons. The van der Waals surface area contributed by atoms with Gasteiger partial charge in [-0.3, -0.25) is 47.9 Å². The van der Waals surface area contributed by atoms with Crippen LogP contribution in [0.4, 0.5) is 0 Å². The van der Waals surface area contributed by atoms with Gasteiger partial charge in [0.25, 0.3) is 0 Å². The molecule has 101 heavy (non-hydrogen) atoms. The number of nitrogens with two attached hydrogens (primary N) is 2. The molecule has 15 N–H and O–H groups in total. The molecule has 0 saturated heterocycles. The molecule has 572 valence electrons. The molecule has 2 rings (SSSR count). The predicted octanol–water partition coefficient (Wildman–Crippen LogP) is 3.75. The number of aromatic nitrogens is 2. The molecule has 2 aromatic rings. The van der Waals surface area contributed by atoms with Gasteiger partial charge >= 0.3 is 11.9 Å². The minimum Gasteiger partial charge on any atom is -0.465 e. The standard InChI is InChI=1S/C70H121N15O12S4/c1-9-11-22-83-67(95)55(48-59(89)80-37-33-75-27-20-71)50-69(5,6)57(87)46-54(66(94)85-39-35-76-28-21-72)51-70(7,8)64(92)53(47-58(88)79-38-34-77-31-29-73-25-18-62(90)96-41-43-98-100-60-16-12-14-23-81-60)49-68(3,4)56(86)45-52(10-2)65(93)84-40-36-78-32-30-74-26-19-63(91)97-42-44-99-101-61-17-13-15-24-82-61/h12-17,23-24,52-55,73-78H,9-11,18-22,25-51,71-72H2,1-8H3,(H,79,88)(H,80,89)(H,83,95)(H,84,93)(H,85,94). The molecule has 0 saturated carbocycles. The summed E-state index contributed by atoms with van der Waals surface area (Å²) in [4.78, 5) is 147. The molecule has 0 aliphatic carbocycles. The Kier molecular flexibility index (Phi) is 50.2. The molecule has 0 spiro atoms. The maximum absolute atomic E-state index is 15.4. The highest BCUT2D eigenvalue weighted by molar-refractivity contribution is 8.77. The number of pyridine rings is 2. The monoisotopic (exact) mass is 1490 g/mol. The first-order valence-corrected chi connectivity index (χ1v) is 40.4. The number of esters is 2.